The summed E-state index contributed by atoms with van der Waals surface area (Å²) < 4.78 is 40.9. The molecule has 0 fully saturated rings. The largest absolute Gasteiger partial charge is 0.449 e. The molecule has 0 bridgehead atoms. The van der Waals surface area contributed by atoms with Gasteiger partial charge in [0.25, 0.3) is 0 Å². The fourth-order valence-electron chi connectivity index (χ4n) is 1.53. The zero-order valence-electron chi connectivity index (χ0n) is 11.4. The van der Waals surface area contributed by atoms with Gasteiger partial charge < -0.3 is 10.1 Å². The fraction of sp³-hybridized carbons (Fsp3) is 0.429. The molecule has 0 aliphatic heterocycles. The average Bonchev–Trinajstić information content (AvgIpc) is 2.42. The Hall–Kier alpha value is -2.05. The first-order valence-corrected chi connectivity index (χ1v) is 6.36. The Labute approximate surface area is 120 Å². The molecule has 116 valence electrons. The fourth-order valence-corrected chi connectivity index (χ4v) is 1.53. The van der Waals surface area contributed by atoms with Crippen molar-refractivity contribution in [2.75, 3.05) is 0 Å². The van der Waals surface area contributed by atoms with E-state index in [4.69, 9.17) is 4.74 Å². The Morgan fingerprint density at radius 3 is 2.43 bits per heavy atom. The number of Topliss-reactive ketones (excluding diaryl/α,β-unsaturated/α-hetero) is 1. The van der Waals surface area contributed by atoms with Gasteiger partial charge in [0, 0.05) is 12.5 Å². The summed E-state index contributed by atoms with van der Waals surface area (Å²) in [4.78, 5) is 22.1. The SMILES string of the molecule is CC(CCC(=O)C(F)(F)F)NC(=O)OCc1ccccc1. The van der Waals surface area contributed by atoms with Crippen molar-refractivity contribution in [2.45, 2.75) is 38.6 Å². The van der Waals surface area contributed by atoms with Gasteiger partial charge in [-0.25, -0.2) is 4.79 Å². The maximum Gasteiger partial charge on any atom is 0.449 e. The van der Waals surface area contributed by atoms with Gasteiger partial charge in [-0.05, 0) is 18.9 Å². The van der Waals surface area contributed by atoms with Crippen LogP contribution in [0.2, 0.25) is 0 Å². The number of alkyl carbamates (subject to hydrolysis) is 1. The molecule has 1 unspecified atom stereocenters. The lowest BCUT2D eigenvalue weighted by Crippen LogP contribution is -2.34. The summed E-state index contributed by atoms with van der Waals surface area (Å²) in [5.74, 6) is -1.80. The minimum atomic E-state index is -4.83. The number of nitrogens with one attached hydrogen (secondary N) is 1. The predicted octanol–water partition coefficient (Wildman–Crippen LogP) is 3.21. The van der Waals surface area contributed by atoms with E-state index >= 15 is 0 Å². The Kier molecular flexibility index (Phi) is 6.20. The minimum absolute atomic E-state index is 0.0703. The molecule has 0 heterocycles. The number of alkyl halides is 3. The highest BCUT2D eigenvalue weighted by atomic mass is 19.4. The normalized spacial score (nSPS) is 12.6. The van der Waals surface area contributed by atoms with Gasteiger partial charge in [0.05, 0.1) is 0 Å². The van der Waals surface area contributed by atoms with Crippen molar-refractivity contribution in [3.63, 3.8) is 0 Å². The van der Waals surface area contributed by atoms with Gasteiger partial charge in [-0.15, -0.1) is 0 Å². The minimum Gasteiger partial charge on any atom is -0.445 e. The standard InChI is InChI=1S/C14H16F3NO3/c1-10(7-8-12(19)14(15,16)17)18-13(20)21-9-11-5-3-2-4-6-11/h2-6,10H,7-9H2,1H3,(H,18,20). The van der Waals surface area contributed by atoms with E-state index in [1.807, 2.05) is 6.07 Å². The van der Waals surface area contributed by atoms with Crippen LogP contribution in [0.25, 0.3) is 0 Å². The van der Waals surface area contributed by atoms with Crippen molar-refractivity contribution in [1.29, 1.82) is 0 Å². The van der Waals surface area contributed by atoms with Crippen LogP contribution in [0.4, 0.5) is 18.0 Å². The second-order valence-corrected chi connectivity index (χ2v) is 4.57. The van der Waals surface area contributed by atoms with E-state index in [1.54, 1.807) is 24.3 Å². The van der Waals surface area contributed by atoms with Crippen LogP contribution in [0.5, 0.6) is 0 Å². The topological polar surface area (TPSA) is 55.4 Å². The van der Waals surface area contributed by atoms with Crippen LogP contribution >= 0.6 is 0 Å². The van der Waals surface area contributed by atoms with Gasteiger partial charge in [-0.1, -0.05) is 30.3 Å². The number of carbonyl (C=O) groups is 2. The number of benzene rings is 1. The first-order valence-electron chi connectivity index (χ1n) is 6.36. The predicted molar refractivity (Wildman–Crippen MR) is 69.5 cm³/mol. The van der Waals surface area contributed by atoms with Crippen LogP contribution in [0.1, 0.15) is 25.3 Å². The zero-order valence-corrected chi connectivity index (χ0v) is 11.4. The van der Waals surface area contributed by atoms with Crippen molar-refractivity contribution < 1.29 is 27.5 Å². The molecule has 0 aromatic heterocycles. The Balaban J connectivity index is 2.26. The second-order valence-electron chi connectivity index (χ2n) is 4.57. The Morgan fingerprint density at radius 1 is 1.24 bits per heavy atom. The molecule has 7 heteroatoms. The lowest BCUT2D eigenvalue weighted by molar-refractivity contribution is -0.171. The van der Waals surface area contributed by atoms with E-state index in [1.165, 1.54) is 6.92 Å². The van der Waals surface area contributed by atoms with Crippen molar-refractivity contribution in [2.24, 2.45) is 0 Å². The molecule has 1 amide bonds. The van der Waals surface area contributed by atoms with Gasteiger partial charge in [0.1, 0.15) is 6.61 Å². The van der Waals surface area contributed by atoms with E-state index in [9.17, 15) is 22.8 Å². The Bertz CT molecular complexity index is 474. The third kappa shape index (κ3) is 6.78. The molecule has 0 saturated heterocycles. The molecule has 0 radical (unpaired) electrons. The number of hydrogen-bond donors (Lipinski definition) is 1. The molecular weight excluding hydrogens is 287 g/mol. The van der Waals surface area contributed by atoms with Crippen LogP contribution in [-0.4, -0.2) is 24.1 Å². The van der Waals surface area contributed by atoms with Gasteiger partial charge in [0.15, 0.2) is 0 Å². The molecule has 0 saturated carbocycles. The third-order valence-corrected chi connectivity index (χ3v) is 2.70. The number of rotatable bonds is 6. The van der Waals surface area contributed by atoms with Crippen LogP contribution < -0.4 is 5.32 Å². The number of carbonyl (C=O) groups excluding carboxylic acids is 2. The van der Waals surface area contributed by atoms with Crippen molar-refractivity contribution >= 4 is 11.9 Å². The van der Waals surface area contributed by atoms with E-state index in [-0.39, 0.29) is 13.0 Å². The highest BCUT2D eigenvalue weighted by Gasteiger charge is 2.37. The number of amides is 1. The maximum atomic E-state index is 12.0. The van der Waals surface area contributed by atoms with Crippen LogP contribution in [0.15, 0.2) is 30.3 Å². The van der Waals surface area contributed by atoms with Crippen molar-refractivity contribution in [1.82, 2.24) is 5.32 Å². The number of halogens is 3. The summed E-state index contributed by atoms with van der Waals surface area (Å²) >= 11 is 0. The Morgan fingerprint density at radius 2 is 1.86 bits per heavy atom. The summed E-state index contributed by atoms with van der Waals surface area (Å²) in [6.45, 7) is 1.58. The van der Waals surface area contributed by atoms with Gasteiger partial charge in [-0.2, -0.15) is 13.2 Å². The zero-order chi connectivity index (χ0) is 15.9. The molecule has 1 aromatic rings. The lowest BCUT2D eigenvalue weighted by atomic mass is 10.1. The number of ether oxygens (including phenoxy) is 1. The lowest BCUT2D eigenvalue weighted by Gasteiger charge is -2.14. The van der Waals surface area contributed by atoms with Gasteiger partial charge >= 0.3 is 12.3 Å². The quantitative estimate of drug-likeness (QED) is 0.878. The molecule has 1 N–H and O–H groups in total. The van der Waals surface area contributed by atoms with Crippen LogP contribution in [-0.2, 0) is 16.1 Å². The summed E-state index contributed by atoms with van der Waals surface area (Å²) in [5, 5.41) is 2.38. The first kappa shape index (κ1) is 17.0. The molecule has 4 nitrogen and oxygen atoms in total. The second kappa shape index (κ2) is 7.66. The van der Waals surface area contributed by atoms with Crippen molar-refractivity contribution in [3.8, 4) is 0 Å². The number of ketones is 1. The molecule has 0 aliphatic rings. The summed E-state index contributed by atoms with van der Waals surface area (Å²) in [6, 6.07) is 8.38. The monoisotopic (exact) mass is 303 g/mol. The molecule has 1 aromatic carbocycles. The van der Waals surface area contributed by atoms with Crippen LogP contribution in [0.3, 0.4) is 0 Å². The summed E-state index contributed by atoms with van der Waals surface area (Å²) in [6.07, 6.45) is -6.32. The maximum absolute atomic E-state index is 12.0. The average molecular weight is 303 g/mol. The van der Waals surface area contributed by atoms with Crippen molar-refractivity contribution in [3.05, 3.63) is 35.9 Å². The highest BCUT2D eigenvalue weighted by Crippen LogP contribution is 2.19. The molecule has 1 atom stereocenters. The van der Waals surface area contributed by atoms with Gasteiger partial charge in [0.2, 0.25) is 5.78 Å². The smallest absolute Gasteiger partial charge is 0.445 e. The summed E-state index contributed by atoms with van der Waals surface area (Å²) in [7, 11) is 0. The van der Waals surface area contributed by atoms with E-state index < -0.39 is 30.5 Å². The third-order valence-electron chi connectivity index (χ3n) is 2.70. The van der Waals surface area contributed by atoms with E-state index in [0.29, 0.717) is 0 Å². The van der Waals surface area contributed by atoms with E-state index in [0.717, 1.165) is 5.56 Å². The van der Waals surface area contributed by atoms with Crippen LogP contribution in [0, 0.1) is 0 Å². The summed E-state index contributed by atoms with van der Waals surface area (Å²) in [5.41, 5.74) is 0.799. The first-order chi connectivity index (χ1) is 9.79. The molecule has 1 rings (SSSR count). The number of hydrogen-bond acceptors (Lipinski definition) is 3. The molecular formula is C14H16F3NO3. The highest BCUT2D eigenvalue weighted by molar-refractivity contribution is 5.84. The molecule has 0 spiro atoms. The molecule has 21 heavy (non-hydrogen) atoms. The van der Waals surface area contributed by atoms with Gasteiger partial charge in [-0.3, -0.25) is 4.79 Å². The van der Waals surface area contributed by atoms with E-state index in [2.05, 4.69) is 5.32 Å². The molecule has 0 aliphatic carbocycles.